The minimum Gasteiger partial charge on any atom is -0.508 e. The Morgan fingerprint density at radius 3 is 1.70 bits per heavy atom. The van der Waals surface area contributed by atoms with Gasteiger partial charge in [-0.1, -0.05) is 24.3 Å². The van der Waals surface area contributed by atoms with Gasteiger partial charge in [0.25, 0.3) is 0 Å². The summed E-state index contributed by atoms with van der Waals surface area (Å²) in [4.78, 5) is 0. The summed E-state index contributed by atoms with van der Waals surface area (Å²) in [5.41, 5.74) is 6.23. The average Bonchev–Trinajstić information content (AvgIpc) is 2.45. The lowest BCUT2D eigenvalue weighted by Gasteiger charge is -2.15. The number of benzene rings is 2. The van der Waals surface area contributed by atoms with E-state index in [2.05, 4.69) is 6.08 Å². The molecule has 0 spiro atoms. The molecular weight excluding hydrogens is 248 g/mol. The Balaban J connectivity index is 2.46. The van der Waals surface area contributed by atoms with Gasteiger partial charge in [-0.05, 0) is 73.2 Å². The van der Waals surface area contributed by atoms with Crippen LogP contribution in [-0.2, 0) is 0 Å². The molecule has 0 fully saturated rings. The second kappa shape index (κ2) is 5.41. The lowest BCUT2D eigenvalue weighted by atomic mass is 9.92. The summed E-state index contributed by atoms with van der Waals surface area (Å²) >= 11 is 0. The van der Waals surface area contributed by atoms with Crippen LogP contribution in [0.1, 0.15) is 33.4 Å². The van der Waals surface area contributed by atoms with Crippen LogP contribution in [0.2, 0.25) is 0 Å². The maximum atomic E-state index is 10.1. The number of hydrogen-bond donors (Lipinski definition) is 2. The maximum Gasteiger partial charge on any atom is 0.121 e. The first kappa shape index (κ1) is 14.2. The van der Waals surface area contributed by atoms with Crippen LogP contribution in [0.25, 0.3) is 12.2 Å². The first-order valence-corrected chi connectivity index (χ1v) is 6.68. The van der Waals surface area contributed by atoms with Crippen LogP contribution in [0, 0.1) is 27.7 Å². The molecule has 0 bridgehead atoms. The summed E-state index contributed by atoms with van der Waals surface area (Å²) in [6, 6.07) is 7.09. The quantitative estimate of drug-likeness (QED) is 0.787. The van der Waals surface area contributed by atoms with Crippen LogP contribution >= 0.6 is 0 Å². The van der Waals surface area contributed by atoms with Gasteiger partial charge >= 0.3 is 0 Å². The van der Waals surface area contributed by atoms with Crippen LogP contribution in [-0.4, -0.2) is 10.2 Å². The van der Waals surface area contributed by atoms with E-state index in [1.807, 2.05) is 45.9 Å². The zero-order valence-corrected chi connectivity index (χ0v) is 12.4. The van der Waals surface area contributed by atoms with E-state index >= 15 is 0 Å². The molecule has 2 heteroatoms. The number of aromatic hydroxyl groups is 2. The molecule has 2 aromatic carbocycles. The van der Waals surface area contributed by atoms with Crippen molar-refractivity contribution in [2.24, 2.45) is 0 Å². The highest BCUT2D eigenvalue weighted by atomic mass is 16.3. The number of hydrogen-bond acceptors (Lipinski definition) is 2. The van der Waals surface area contributed by atoms with E-state index in [0.29, 0.717) is 5.75 Å². The molecule has 0 aliphatic rings. The smallest absolute Gasteiger partial charge is 0.121 e. The topological polar surface area (TPSA) is 40.5 Å². The molecular formula is C18H20O2. The Morgan fingerprint density at radius 1 is 0.700 bits per heavy atom. The van der Waals surface area contributed by atoms with Crippen molar-refractivity contribution in [3.05, 3.63) is 57.6 Å². The Hall–Kier alpha value is -2.22. The Labute approximate surface area is 120 Å². The normalized spacial score (nSPS) is 11.2. The van der Waals surface area contributed by atoms with Crippen LogP contribution in [0.3, 0.4) is 0 Å². The molecule has 0 unspecified atom stereocenters. The molecule has 104 valence electrons. The SMILES string of the molecule is Cc1c(C)c(C=Cc2ccc(O)cc2)c(C)c(C)c1O. The highest BCUT2D eigenvalue weighted by molar-refractivity contribution is 5.75. The van der Waals surface area contributed by atoms with Gasteiger partial charge in [-0.15, -0.1) is 0 Å². The Morgan fingerprint density at radius 2 is 1.20 bits per heavy atom. The van der Waals surface area contributed by atoms with E-state index in [9.17, 15) is 10.2 Å². The van der Waals surface area contributed by atoms with Crippen molar-refractivity contribution < 1.29 is 10.2 Å². The van der Waals surface area contributed by atoms with E-state index in [4.69, 9.17) is 0 Å². The lowest BCUT2D eigenvalue weighted by Crippen LogP contribution is -1.95. The Kier molecular flexibility index (Phi) is 3.84. The first-order valence-electron chi connectivity index (χ1n) is 6.68. The summed E-state index contributed by atoms with van der Waals surface area (Å²) in [6.45, 7) is 7.93. The van der Waals surface area contributed by atoms with Gasteiger partial charge in [0.15, 0.2) is 0 Å². The van der Waals surface area contributed by atoms with Crippen molar-refractivity contribution in [3.8, 4) is 11.5 Å². The standard InChI is InChI=1S/C18H20O2/c1-11-13(3)18(20)14(4)12(2)17(11)10-7-15-5-8-16(19)9-6-15/h5-10,19-20H,1-4H3. The molecule has 0 radical (unpaired) electrons. The highest BCUT2D eigenvalue weighted by Gasteiger charge is 2.11. The second-order valence-corrected chi connectivity index (χ2v) is 5.19. The average molecular weight is 268 g/mol. The summed E-state index contributed by atoms with van der Waals surface area (Å²) in [5, 5.41) is 19.3. The van der Waals surface area contributed by atoms with Gasteiger partial charge in [0.05, 0.1) is 0 Å². The summed E-state index contributed by atoms with van der Waals surface area (Å²) < 4.78 is 0. The number of phenols is 2. The summed E-state index contributed by atoms with van der Waals surface area (Å²) in [6.07, 6.45) is 4.08. The van der Waals surface area contributed by atoms with Crippen molar-refractivity contribution in [1.82, 2.24) is 0 Å². The molecule has 0 saturated heterocycles. The maximum absolute atomic E-state index is 10.1. The highest BCUT2D eigenvalue weighted by Crippen LogP contribution is 2.32. The van der Waals surface area contributed by atoms with Gasteiger partial charge in [0.2, 0.25) is 0 Å². The molecule has 2 rings (SSSR count). The predicted octanol–water partition coefficient (Wildman–Crippen LogP) is 4.50. The molecule has 0 atom stereocenters. The van der Waals surface area contributed by atoms with E-state index in [-0.39, 0.29) is 5.75 Å². The van der Waals surface area contributed by atoms with E-state index < -0.39 is 0 Å². The molecule has 0 aliphatic carbocycles. The van der Waals surface area contributed by atoms with Crippen LogP contribution < -0.4 is 0 Å². The summed E-state index contributed by atoms with van der Waals surface area (Å²) in [5.74, 6) is 0.660. The molecule has 20 heavy (non-hydrogen) atoms. The molecule has 2 aromatic rings. The third-order valence-electron chi connectivity index (χ3n) is 3.98. The van der Waals surface area contributed by atoms with Crippen LogP contribution in [0.5, 0.6) is 11.5 Å². The van der Waals surface area contributed by atoms with Gasteiger partial charge < -0.3 is 10.2 Å². The number of phenolic OH excluding ortho intramolecular Hbond substituents is 2. The molecule has 0 aromatic heterocycles. The largest absolute Gasteiger partial charge is 0.508 e. The molecule has 0 saturated carbocycles. The van der Waals surface area contributed by atoms with Crippen molar-refractivity contribution in [2.45, 2.75) is 27.7 Å². The minimum absolute atomic E-state index is 0.269. The predicted molar refractivity (Wildman–Crippen MR) is 84.1 cm³/mol. The van der Waals surface area contributed by atoms with Gasteiger partial charge in [-0.25, -0.2) is 0 Å². The summed E-state index contributed by atoms with van der Waals surface area (Å²) in [7, 11) is 0. The monoisotopic (exact) mass is 268 g/mol. The molecule has 0 amide bonds. The lowest BCUT2D eigenvalue weighted by molar-refractivity contribution is 0.465. The van der Waals surface area contributed by atoms with Crippen LogP contribution in [0.4, 0.5) is 0 Å². The van der Waals surface area contributed by atoms with Crippen molar-refractivity contribution in [1.29, 1.82) is 0 Å². The van der Waals surface area contributed by atoms with Crippen LogP contribution in [0.15, 0.2) is 24.3 Å². The van der Waals surface area contributed by atoms with Gasteiger partial charge in [-0.3, -0.25) is 0 Å². The van der Waals surface area contributed by atoms with Gasteiger partial charge in [-0.2, -0.15) is 0 Å². The Bertz CT molecular complexity index is 636. The second-order valence-electron chi connectivity index (χ2n) is 5.19. The molecule has 2 N–H and O–H groups in total. The zero-order chi connectivity index (χ0) is 14.9. The van der Waals surface area contributed by atoms with Gasteiger partial charge in [0.1, 0.15) is 11.5 Å². The molecule has 2 nitrogen and oxygen atoms in total. The fraction of sp³-hybridized carbons (Fsp3) is 0.222. The van der Waals surface area contributed by atoms with Crippen molar-refractivity contribution >= 4 is 12.2 Å². The van der Waals surface area contributed by atoms with Crippen molar-refractivity contribution in [2.75, 3.05) is 0 Å². The number of rotatable bonds is 2. The molecule has 0 aliphatic heterocycles. The molecule has 0 heterocycles. The van der Waals surface area contributed by atoms with Crippen molar-refractivity contribution in [3.63, 3.8) is 0 Å². The van der Waals surface area contributed by atoms with E-state index in [1.165, 1.54) is 0 Å². The minimum atomic E-state index is 0.269. The first-order chi connectivity index (χ1) is 9.41. The van der Waals surface area contributed by atoms with Gasteiger partial charge in [0, 0.05) is 0 Å². The third kappa shape index (κ3) is 2.55. The fourth-order valence-corrected chi connectivity index (χ4v) is 2.34. The van der Waals surface area contributed by atoms with E-state index in [0.717, 1.165) is 33.4 Å². The third-order valence-corrected chi connectivity index (χ3v) is 3.98. The fourth-order valence-electron chi connectivity index (χ4n) is 2.34. The van der Waals surface area contributed by atoms with E-state index in [1.54, 1.807) is 12.1 Å². The zero-order valence-electron chi connectivity index (χ0n) is 12.4.